The Bertz CT molecular complexity index is 3680. The number of anilines is 3. The lowest BCUT2D eigenvalue weighted by Gasteiger charge is -2.26. The zero-order valence-corrected chi connectivity index (χ0v) is 31.3. The smallest absolute Gasteiger partial charge is 0.136 e. The average molecular weight is 740 g/mol. The Labute approximate surface area is 333 Å². The largest absolute Gasteiger partial charge is 0.456 e. The third-order valence-corrected chi connectivity index (χ3v) is 12.2. The van der Waals surface area contributed by atoms with Crippen molar-refractivity contribution < 1.29 is 4.42 Å². The first-order valence-electron chi connectivity index (χ1n) is 19.8. The highest BCUT2D eigenvalue weighted by Gasteiger charge is 2.20. The van der Waals surface area contributed by atoms with Gasteiger partial charge < -0.3 is 18.3 Å². The minimum atomic E-state index is 0.902. The Morgan fingerprint density at radius 3 is 1.57 bits per heavy atom. The van der Waals surface area contributed by atoms with Crippen LogP contribution < -0.4 is 4.90 Å². The lowest BCUT2D eigenvalue weighted by Crippen LogP contribution is -2.10. The number of hydrogen-bond donors (Lipinski definition) is 0. The second kappa shape index (κ2) is 11.8. The summed E-state index contributed by atoms with van der Waals surface area (Å²) in [5.74, 6) is 0. The van der Waals surface area contributed by atoms with Crippen molar-refractivity contribution >= 4 is 98.9 Å². The van der Waals surface area contributed by atoms with Crippen LogP contribution in [0.5, 0.6) is 0 Å². The molecule has 0 atom stereocenters. The molecule has 0 amide bonds. The molecule has 0 saturated heterocycles. The molecule has 4 aromatic heterocycles. The van der Waals surface area contributed by atoms with E-state index in [-0.39, 0.29) is 0 Å². The van der Waals surface area contributed by atoms with Gasteiger partial charge in [-0.05, 0) is 102 Å². The molecule has 0 fully saturated rings. The molecule has 0 aliphatic heterocycles. The number of fused-ring (bicyclic) bond motifs is 12. The van der Waals surface area contributed by atoms with Gasteiger partial charge in [-0.1, -0.05) is 109 Å². The summed E-state index contributed by atoms with van der Waals surface area (Å²) in [5.41, 5.74) is 14.6. The molecule has 0 unspecified atom stereocenters. The quantitative estimate of drug-likeness (QED) is 0.176. The predicted molar refractivity (Wildman–Crippen MR) is 243 cm³/mol. The SMILES string of the molecule is c1ccc2c(c1)oc1cc(-c3ccc(N(c4ccc(-n5c6ccccc6c6ccccc65)cc4)c4ccc5c(c4)c4cccc6c7ccccc7n5c64)cc3)ccc12. The molecule has 9 aromatic carbocycles. The maximum atomic E-state index is 6.26. The third-order valence-electron chi connectivity index (χ3n) is 12.2. The zero-order chi connectivity index (χ0) is 37.9. The molecule has 0 spiro atoms. The van der Waals surface area contributed by atoms with Crippen molar-refractivity contribution in [3.05, 3.63) is 200 Å². The minimum Gasteiger partial charge on any atom is -0.456 e. The van der Waals surface area contributed by atoms with Gasteiger partial charge in [0.1, 0.15) is 11.2 Å². The molecule has 0 aliphatic carbocycles. The lowest BCUT2D eigenvalue weighted by molar-refractivity contribution is 0.669. The van der Waals surface area contributed by atoms with Crippen LogP contribution in [-0.2, 0) is 0 Å². The maximum Gasteiger partial charge on any atom is 0.136 e. The van der Waals surface area contributed by atoms with Gasteiger partial charge in [0.05, 0.1) is 27.6 Å². The number of rotatable bonds is 5. The van der Waals surface area contributed by atoms with Gasteiger partial charge in [0.25, 0.3) is 0 Å². The summed E-state index contributed by atoms with van der Waals surface area (Å²) in [7, 11) is 0. The van der Waals surface area contributed by atoms with Crippen LogP contribution in [0.1, 0.15) is 0 Å². The van der Waals surface area contributed by atoms with Gasteiger partial charge in [-0.2, -0.15) is 0 Å². The molecule has 4 heteroatoms. The van der Waals surface area contributed by atoms with Crippen molar-refractivity contribution in [1.29, 1.82) is 0 Å². The topological polar surface area (TPSA) is 25.7 Å². The van der Waals surface area contributed by atoms with E-state index in [9.17, 15) is 0 Å². The molecular formula is C54H33N3O. The minimum absolute atomic E-state index is 0.902. The summed E-state index contributed by atoms with van der Waals surface area (Å²) in [5, 5.41) is 9.89. The fraction of sp³-hybridized carbons (Fsp3) is 0. The lowest BCUT2D eigenvalue weighted by atomic mass is 10.0. The first kappa shape index (κ1) is 31.4. The molecule has 13 aromatic rings. The highest BCUT2D eigenvalue weighted by Crippen LogP contribution is 2.43. The standard InChI is InChI=1S/C54H33N3O/c1-5-16-48-40(10-1)41-11-2-6-17-49(41)56(48)38-27-25-37(26-28-38)55(36-23-20-34(21-24-36)35-22-30-44-43-13-4-8-19-52(43)58-53(44)32-35)39-29-31-51-47(33-39)46-15-9-14-45-42-12-3-7-18-50(42)57(51)54(45)46/h1-33H. The van der Waals surface area contributed by atoms with Crippen LogP contribution in [0.3, 0.4) is 0 Å². The average Bonchev–Trinajstić information content (AvgIpc) is 4.03. The predicted octanol–water partition coefficient (Wildman–Crippen LogP) is 15.0. The van der Waals surface area contributed by atoms with E-state index in [1.807, 2.05) is 12.1 Å². The van der Waals surface area contributed by atoms with Crippen molar-refractivity contribution in [2.24, 2.45) is 0 Å². The van der Waals surface area contributed by atoms with Crippen LogP contribution in [0.15, 0.2) is 205 Å². The molecule has 13 rings (SSSR count). The van der Waals surface area contributed by atoms with Crippen molar-refractivity contribution in [2.45, 2.75) is 0 Å². The molecule has 0 bridgehead atoms. The number of nitrogens with zero attached hydrogens (tertiary/aromatic N) is 3. The monoisotopic (exact) mass is 739 g/mol. The van der Waals surface area contributed by atoms with E-state index in [4.69, 9.17) is 4.42 Å². The number of furan rings is 1. The maximum absolute atomic E-state index is 6.26. The van der Waals surface area contributed by atoms with E-state index in [0.717, 1.165) is 55.8 Å². The summed E-state index contributed by atoms with van der Waals surface area (Å²) in [6.45, 7) is 0. The molecule has 4 nitrogen and oxygen atoms in total. The number of aromatic nitrogens is 2. The highest BCUT2D eigenvalue weighted by atomic mass is 16.3. The molecule has 0 N–H and O–H groups in total. The molecule has 4 heterocycles. The van der Waals surface area contributed by atoms with Crippen LogP contribution >= 0.6 is 0 Å². The van der Waals surface area contributed by atoms with Crippen LogP contribution in [0.4, 0.5) is 17.1 Å². The van der Waals surface area contributed by atoms with Crippen LogP contribution in [0, 0.1) is 0 Å². The van der Waals surface area contributed by atoms with Crippen LogP contribution in [0.2, 0.25) is 0 Å². The van der Waals surface area contributed by atoms with Gasteiger partial charge in [-0.15, -0.1) is 0 Å². The van der Waals surface area contributed by atoms with E-state index in [1.165, 1.54) is 59.9 Å². The third kappa shape index (κ3) is 4.40. The Kier molecular flexibility index (Phi) is 6.41. The van der Waals surface area contributed by atoms with Gasteiger partial charge in [-0.3, -0.25) is 0 Å². The summed E-state index contributed by atoms with van der Waals surface area (Å²) in [6, 6.07) is 72.5. The number of para-hydroxylation sites is 5. The van der Waals surface area contributed by atoms with Gasteiger partial charge >= 0.3 is 0 Å². The van der Waals surface area contributed by atoms with E-state index in [2.05, 4.69) is 202 Å². The second-order valence-corrected chi connectivity index (χ2v) is 15.3. The number of hydrogen-bond acceptors (Lipinski definition) is 2. The summed E-state index contributed by atoms with van der Waals surface area (Å²) < 4.78 is 11.1. The first-order valence-corrected chi connectivity index (χ1v) is 19.8. The van der Waals surface area contributed by atoms with Gasteiger partial charge in [0.2, 0.25) is 0 Å². The van der Waals surface area contributed by atoms with E-state index >= 15 is 0 Å². The summed E-state index contributed by atoms with van der Waals surface area (Å²) >= 11 is 0. The van der Waals surface area contributed by atoms with Crippen LogP contribution in [0.25, 0.3) is 98.7 Å². The molecular weight excluding hydrogens is 707 g/mol. The Morgan fingerprint density at radius 1 is 0.328 bits per heavy atom. The Morgan fingerprint density at radius 2 is 0.845 bits per heavy atom. The molecule has 0 aliphatic rings. The van der Waals surface area contributed by atoms with Crippen molar-refractivity contribution in [1.82, 2.24) is 8.97 Å². The van der Waals surface area contributed by atoms with E-state index < -0.39 is 0 Å². The van der Waals surface area contributed by atoms with Gasteiger partial charge in [0, 0.05) is 65.8 Å². The fourth-order valence-electron chi connectivity index (χ4n) is 9.67. The Hall–Kier alpha value is -7.82. The molecule has 58 heavy (non-hydrogen) atoms. The van der Waals surface area contributed by atoms with Gasteiger partial charge in [-0.25, -0.2) is 0 Å². The summed E-state index contributed by atoms with van der Waals surface area (Å²) in [4.78, 5) is 2.38. The van der Waals surface area contributed by atoms with E-state index in [0.29, 0.717) is 0 Å². The summed E-state index contributed by atoms with van der Waals surface area (Å²) in [6.07, 6.45) is 0. The number of benzene rings is 9. The highest BCUT2D eigenvalue weighted by molar-refractivity contribution is 6.23. The first-order chi connectivity index (χ1) is 28.8. The second-order valence-electron chi connectivity index (χ2n) is 15.3. The van der Waals surface area contributed by atoms with Crippen molar-refractivity contribution in [2.75, 3.05) is 4.90 Å². The van der Waals surface area contributed by atoms with E-state index in [1.54, 1.807) is 0 Å². The molecule has 0 radical (unpaired) electrons. The van der Waals surface area contributed by atoms with Crippen molar-refractivity contribution in [3.63, 3.8) is 0 Å². The molecule has 0 saturated carbocycles. The zero-order valence-electron chi connectivity index (χ0n) is 31.3. The normalized spacial score (nSPS) is 12.1. The van der Waals surface area contributed by atoms with Gasteiger partial charge in [0.15, 0.2) is 0 Å². The molecule has 270 valence electrons. The fourth-order valence-corrected chi connectivity index (χ4v) is 9.67. The Balaban J connectivity index is 0.970. The van der Waals surface area contributed by atoms with Crippen LogP contribution in [-0.4, -0.2) is 8.97 Å². The van der Waals surface area contributed by atoms with Crippen molar-refractivity contribution in [3.8, 4) is 16.8 Å².